The molecule has 0 bridgehead atoms. The van der Waals surface area contributed by atoms with Gasteiger partial charge in [-0.25, -0.2) is 0 Å². The van der Waals surface area contributed by atoms with Crippen molar-refractivity contribution in [2.45, 2.75) is 44.7 Å². The molecule has 2 unspecified atom stereocenters. The zero-order valence-corrected chi connectivity index (χ0v) is 8.68. The first-order chi connectivity index (χ1) is 6.77. The van der Waals surface area contributed by atoms with Gasteiger partial charge in [0.05, 0.1) is 6.04 Å². The maximum Gasteiger partial charge on any atom is 0.237 e. The predicted molar refractivity (Wildman–Crippen MR) is 56.7 cm³/mol. The van der Waals surface area contributed by atoms with E-state index in [0.717, 1.165) is 25.8 Å². The molecule has 3 heteroatoms. The predicted octanol–water partition coefficient (Wildman–Crippen LogP) is 0.656. The molecule has 0 spiro atoms. The van der Waals surface area contributed by atoms with Gasteiger partial charge in [0.15, 0.2) is 0 Å². The van der Waals surface area contributed by atoms with Crippen LogP contribution in [0.15, 0.2) is 0 Å². The van der Waals surface area contributed by atoms with Crippen molar-refractivity contribution in [2.24, 2.45) is 0 Å². The van der Waals surface area contributed by atoms with Crippen LogP contribution in [0.25, 0.3) is 0 Å². The van der Waals surface area contributed by atoms with Crippen LogP contribution in [-0.2, 0) is 4.79 Å². The summed E-state index contributed by atoms with van der Waals surface area (Å²) < 4.78 is 0. The van der Waals surface area contributed by atoms with E-state index in [2.05, 4.69) is 16.6 Å². The Labute approximate surface area is 85.6 Å². The molecule has 1 rings (SSSR count). The molecule has 78 valence electrons. The Morgan fingerprint density at radius 2 is 2.57 bits per heavy atom. The van der Waals surface area contributed by atoms with Gasteiger partial charge in [-0.1, -0.05) is 6.92 Å². The normalized spacial score (nSPS) is 22.7. The topological polar surface area (TPSA) is 41.1 Å². The monoisotopic (exact) mass is 194 g/mol. The third-order valence-electron chi connectivity index (χ3n) is 2.58. The largest absolute Gasteiger partial charge is 0.351 e. The van der Waals surface area contributed by atoms with Gasteiger partial charge in [0, 0.05) is 12.5 Å². The van der Waals surface area contributed by atoms with Crippen molar-refractivity contribution in [2.75, 3.05) is 6.54 Å². The minimum atomic E-state index is 0.00169. The first-order valence-corrected chi connectivity index (χ1v) is 5.25. The van der Waals surface area contributed by atoms with E-state index in [1.54, 1.807) is 0 Å². The fraction of sp³-hybridized carbons (Fsp3) is 0.727. The molecule has 0 aliphatic carbocycles. The Balaban J connectivity index is 2.34. The quantitative estimate of drug-likeness (QED) is 0.645. The molecule has 1 saturated heterocycles. The lowest BCUT2D eigenvalue weighted by Gasteiger charge is -2.17. The van der Waals surface area contributed by atoms with E-state index >= 15 is 0 Å². The lowest BCUT2D eigenvalue weighted by atomic mass is 10.1. The van der Waals surface area contributed by atoms with E-state index in [4.69, 9.17) is 6.42 Å². The fourth-order valence-corrected chi connectivity index (χ4v) is 1.65. The summed E-state index contributed by atoms with van der Waals surface area (Å²) in [4.78, 5) is 11.6. The fourth-order valence-electron chi connectivity index (χ4n) is 1.65. The van der Waals surface area contributed by atoms with Gasteiger partial charge in [-0.3, -0.25) is 4.79 Å². The minimum absolute atomic E-state index is 0.00169. The highest BCUT2D eigenvalue weighted by atomic mass is 16.2. The third-order valence-corrected chi connectivity index (χ3v) is 2.58. The molecule has 2 N–H and O–H groups in total. The summed E-state index contributed by atoms with van der Waals surface area (Å²) in [5.41, 5.74) is 0. The Morgan fingerprint density at radius 1 is 1.79 bits per heavy atom. The minimum Gasteiger partial charge on any atom is -0.351 e. The molecular weight excluding hydrogens is 176 g/mol. The third kappa shape index (κ3) is 3.04. The second kappa shape index (κ2) is 5.66. The van der Waals surface area contributed by atoms with E-state index in [0.29, 0.717) is 6.42 Å². The lowest BCUT2D eigenvalue weighted by Crippen LogP contribution is -2.44. The van der Waals surface area contributed by atoms with E-state index < -0.39 is 0 Å². The van der Waals surface area contributed by atoms with Gasteiger partial charge in [-0.2, -0.15) is 0 Å². The molecule has 1 aliphatic rings. The Hall–Kier alpha value is -1.01. The van der Waals surface area contributed by atoms with Crippen molar-refractivity contribution in [3.05, 3.63) is 0 Å². The number of carbonyl (C=O) groups excluding carboxylic acids is 1. The summed E-state index contributed by atoms with van der Waals surface area (Å²) >= 11 is 0. The smallest absolute Gasteiger partial charge is 0.237 e. The molecule has 0 saturated carbocycles. The SMILES string of the molecule is C#CCC(CC)NC(=O)C1CCCN1. The molecule has 3 nitrogen and oxygen atoms in total. The second-order valence-electron chi connectivity index (χ2n) is 3.67. The van der Waals surface area contributed by atoms with E-state index in [1.807, 2.05) is 6.92 Å². The summed E-state index contributed by atoms with van der Waals surface area (Å²) in [6, 6.07) is 0.136. The van der Waals surface area contributed by atoms with Crippen molar-refractivity contribution in [1.82, 2.24) is 10.6 Å². The van der Waals surface area contributed by atoms with Crippen LogP contribution in [-0.4, -0.2) is 24.5 Å². The number of terminal acetylenes is 1. The molecule has 1 amide bonds. The van der Waals surface area contributed by atoms with E-state index in [9.17, 15) is 4.79 Å². The van der Waals surface area contributed by atoms with Crippen LogP contribution in [0.1, 0.15) is 32.6 Å². The highest BCUT2D eigenvalue weighted by Gasteiger charge is 2.23. The number of nitrogens with one attached hydrogen (secondary N) is 2. The van der Waals surface area contributed by atoms with Crippen LogP contribution in [0.4, 0.5) is 0 Å². The Morgan fingerprint density at radius 3 is 3.07 bits per heavy atom. The summed E-state index contributed by atoms with van der Waals surface area (Å²) in [6.07, 6.45) is 8.76. The number of amides is 1. The molecule has 1 aliphatic heterocycles. The van der Waals surface area contributed by atoms with Gasteiger partial charge < -0.3 is 10.6 Å². The molecule has 14 heavy (non-hydrogen) atoms. The van der Waals surface area contributed by atoms with Crippen LogP contribution >= 0.6 is 0 Å². The van der Waals surface area contributed by atoms with Crippen molar-refractivity contribution in [3.63, 3.8) is 0 Å². The van der Waals surface area contributed by atoms with Crippen LogP contribution in [0.3, 0.4) is 0 Å². The van der Waals surface area contributed by atoms with Crippen LogP contribution in [0.2, 0.25) is 0 Å². The first kappa shape index (κ1) is 11.1. The van der Waals surface area contributed by atoms with E-state index in [1.165, 1.54) is 0 Å². The lowest BCUT2D eigenvalue weighted by molar-refractivity contribution is -0.123. The van der Waals surface area contributed by atoms with Gasteiger partial charge in [-0.05, 0) is 25.8 Å². The number of carbonyl (C=O) groups is 1. The zero-order valence-electron chi connectivity index (χ0n) is 8.68. The number of hydrogen-bond acceptors (Lipinski definition) is 2. The van der Waals surface area contributed by atoms with Crippen LogP contribution < -0.4 is 10.6 Å². The molecule has 1 fully saturated rings. The molecule has 0 aromatic heterocycles. The molecular formula is C11H18N2O. The summed E-state index contributed by atoms with van der Waals surface area (Å²) in [6.45, 7) is 2.98. The highest BCUT2D eigenvalue weighted by molar-refractivity contribution is 5.82. The maximum atomic E-state index is 11.6. The standard InChI is InChI=1S/C11H18N2O/c1-3-6-9(4-2)13-11(14)10-7-5-8-12-10/h1,9-10,12H,4-8H2,2H3,(H,13,14). The highest BCUT2D eigenvalue weighted by Crippen LogP contribution is 2.06. The molecule has 0 aromatic carbocycles. The molecule has 2 atom stereocenters. The van der Waals surface area contributed by atoms with Crippen molar-refractivity contribution >= 4 is 5.91 Å². The van der Waals surface area contributed by atoms with Crippen molar-refractivity contribution < 1.29 is 4.79 Å². The second-order valence-corrected chi connectivity index (χ2v) is 3.67. The number of rotatable bonds is 4. The first-order valence-electron chi connectivity index (χ1n) is 5.25. The van der Waals surface area contributed by atoms with Gasteiger partial charge in [0.25, 0.3) is 0 Å². The van der Waals surface area contributed by atoms with Gasteiger partial charge in [-0.15, -0.1) is 12.3 Å². The summed E-state index contributed by atoms with van der Waals surface area (Å²) in [5, 5.41) is 6.13. The van der Waals surface area contributed by atoms with Crippen LogP contribution in [0.5, 0.6) is 0 Å². The Kier molecular flexibility index (Phi) is 4.48. The van der Waals surface area contributed by atoms with Crippen LogP contribution in [0, 0.1) is 12.3 Å². The zero-order chi connectivity index (χ0) is 10.4. The van der Waals surface area contributed by atoms with Gasteiger partial charge >= 0.3 is 0 Å². The van der Waals surface area contributed by atoms with Crippen molar-refractivity contribution in [3.8, 4) is 12.3 Å². The van der Waals surface area contributed by atoms with Crippen molar-refractivity contribution in [1.29, 1.82) is 0 Å². The van der Waals surface area contributed by atoms with E-state index in [-0.39, 0.29) is 18.0 Å². The van der Waals surface area contributed by atoms with Gasteiger partial charge in [0.2, 0.25) is 5.91 Å². The Bertz CT molecular complexity index is 226. The molecule has 0 radical (unpaired) electrons. The molecule has 1 heterocycles. The summed E-state index contributed by atoms with van der Waals surface area (Å²) in [7, 11) is 0. The maximum absolute atomic E-state index is 11.6. The average Bonchev–Trinajstić information content (AvgIpc) is 2.69. The van der Waals surface area contributed by atoms with Gasteiger partial charge in [0.1, 0.15) is 0 Å². The average molecular weight is 194 g/mol. The molecule has 0 aromatic rings. The summed E-state index contributed by atoms with van der Waals surface area (Å²) in [5.74, 6) is 2.68. The number of hydrogen-bond donors (Lipinski definition) is 2.